The van der Waals surface area contributed by atoms with Gasteiger partial charge in [-0.15, -0.1) is 0 Å². The average Bonchev–Trinajstić information content (AvgIpc) is 2.49. The number of nitrogens with zero attached hydrogens (tertiary/aromatic N) is 2. The first-order valence-electron chi connectivity index (χ1n) is 5.11. The van der Waals surface area contributed by atoms with Crippen LogP contribution in [0.2, 0.25) is 0 Å². The molecule has 0 spiro atoms. The number of aromatic amines is 1. The molecule has 0 aliphatic carbocycles. The maximum absolute atomic E-state index is 11.3. The Morgan fingerprint density at radius 2 is 2.07 bits per heavy atom. The highest BCUT2D eigenvalue weighted by molar-refractivity contribution is 5.74. The van der Waals surface area contributed by atoms with Crippen molar-refractivity contribution in [3.8, 4) is 0 Å². The third kappa shape index (κ3) is 2.46. The quantitative estimate of drug-likeness (QED) is 0.718. The van der Waals surface area contributed by atoms with E-state index in [2.05, 4.69) is 23.9 Å². The fraction of sp³-hybridized carbons (Fsp3) is 0.455. The van der Waals surface area contributed by atoms with Gasteiger partial charge in [0.1, 0.15) is 5.65 Å². The summed E-state index contributed by atoms with van der Waals surface area (Å²) in [4.78, 5) is 14.4. The minimum absolute atomic E-state index is 0.0225. The molecule has 2 aromatic rings. The summed E-state index contributed by atoms with van der Waals surface area (Å²) in [5.41, 5.74) is 1.66. The first-order chi connectivity index (χ1) is 7.10. The summed E-state index contributed by atoms with van der Waals surface area (Å²) in [6.45, 7) is 6.10. The molecular formula is C11H17N3O. The van der Waals surface area contributed by atoms with E-state index in [0.717, 1.165) is 11.3 Å². The Balaban J connectivity index is 0.000000337. The van der Waals surface area contributed by atoms with Crippen LogP contribution in [0, 0.1) is 6.92 Å². The molecule has 0 saturated carbocycles. The van der Waals surface area contributed by atoms with E-state index in [4.69, 9.17) is 0 Å². The van der Waals surface area contributed by atoms with Crippen LogP contribution in [-0.2, 0) is 7.05 Å². The molecule has 0 unspecified atom stereocenters. The third-order valence-corrected chi connectivity index (χ3v) is 1.87. The number of aromatic nitrogens is 3. The Kier molecular flexibility index (Phi) is 3.66. The summed E-state index contributed by atoms with van der Waals surface area (Å²) in [7, 11) is 1.80. The molecule has 4 nitrogen and oxygen atoms in total. The van der Waals surface area contributed by atoms with Crippen LogP contribution in [0.5, 0.6) is 0 Å². The van der Waals surface area contributed by atoms with Crippen molar-refractivity contribution < 1.29 is 0 Å². The van der Waals surface area contributed by atoms with E-state index >= 15 is 0 Å². The highest BCUT2D eigenvalue weighted by atomic mass is 16.1. The number of hydrogen-bond donors (Lipinski definition) is 1. The van der Waals surface area contributed by atoms with Crippen molar-refractivity contribution in [1.82, 2.24) is 14.8 Å². The van der Waals surface area contributed by atoms with Gasteiger partial charge in [0.2, 0.25) is 0 Å². The van der Waals surface area contributed by atoms with Gasteiger partial charge in [0.05, 0.1) is 11.6 Å². The molecule has 0 aromatic carbocycles. The van der Waals surface area contributed by atoms with Crippen LogP contribution >= 0.6 is 0 Å². The van der Waals surface area contributed by atoms with Crippen molar-refractivity contribution in [3.05, 3.63) is 28.2 Å². The van der Waals surface area contributed by atoms with Gasteiger partial charge in [0.25, 0.3) is 0 Å². The Hall–Kier alpha value is -1.58. The molecule has 2 heterocycles. The number of aryl methyl sites for hydroxylation is 2. The Labute approximate surface area is 88.9 Å². The summed E-state index contributed by atoms with van der Waals surface area (Å²) in [6, 6.07) is 1.57. The fourth-order valence-electron chi connectivity index (χ4n) is 1.26. The maximum Gasteiger partial charge on any atom is 0.192 e. The number of fused-ring (bicyclic) bond motifs is 1. The molecule has 0 fully saturated rings. The molecule has 0 atom stereocenters. The second kappa shape index (κ2) is 4.77. The van der Waals surface area contributed by atoms with E-state index < -0.39 is 0 Å². The fourth-order valence-corrected chi connectivity index (χ4v) is 1.26. The minimum atomic E-state index is 0.0225. The van der Waals surface area contributed by atoms with Crippen molar-refractivity contribution in [3.63, 3.8) is 0 Å². The molecule has 1 N–H and O–H groups in total. The van der Waals surface area contributed by atoms with Crippen LogP contribution in [0.25, 0.3) is 11.0 Å². The second-order valence-electron chi connectivity index (χ2n) is 3.55. The largest absolute Gasteiger partial charge is 0.344 e. The molecule has 2 aromatic heterocycles. The molecule has 0 radical (unpaired) electrons. The number of rotatable bonds is 0. The van der Waals surface area contributed by atoms with Crippen molar-refractivity contribution >= 4 is 11.0 Å². The Bertz CT molecular complexity index is 496. The van der Waals surface area contributed by atoms with Crippen LogP contribution in [0.1, 0.15) is 26.0 Å². The first-order valence-corrected chi connectivity index (χ1v) is 5.11. The van der Waals surface area contributed by atoms with Gasteiger partial charge in [-0.3, -0.25) is 9.48 Å². The van der Waals surface area contributed by atoms with Crippen LogP contribution in [0.4, 0.5) is 0 Å². The summed E-state index contributed by atoms with van der Waals surface area (Å²) >= 11 is 0. The number of hydrogen-bond acceptors (Lipinski definition) is 2. The van der Waals surface area contributed by atoms with Crippen molar-refractivity contribution in [1.29, 1.82) is 0 Å². The third-order valence-electron chi connectivity index (χ3n) is 1.87. The molecule has 2 rings (SSSR count). The molecule has 4 heteroatoms. The highest BCUT2D eigenvalue weighted by Crippen LogP contribution is 2.04. The van der Waals surface area contributed by atoms with Crippen LogP contribution < -0.4 is 5.43 Å². The molecule has 15 heavy (non-hydrogen) atoms. The van der Waals surface area contributed by atoms with E-state index in [1.54, 1.807) is 24.0 Å². The van der Waals surface area contributed by atoms with Crippen LogP contribution in [0.3, 0.4) is 0 Å². The van der Waals surface area contributed by atoms with E-state index in [1.807, 2.05) is 6.92 Å². The van der Waals surface area contributed by atoms with Crippen LogP contribution in [-0.4, -0.2) is 14.8 Å². The normalized spacial score (nSPS) is 9.87. The van der Waals surface area contributed by atoms with Gasteiger partial charge < -0.3 is 4.98 Å². The molecule has 82 valence electrons. The molecule has 0 aliphatic rings. The highest BCUT2D eigenvalue weighted by Gasteiger charge is 2.02. The lowest BCUT2D eigenvalue weighted by atomic mass is 10.3. The van der Waals surface area contributed by atoms with Gasteiger partial charge in [-0.05, 0) is 6.92 Å². The van der Waals surface area contributed by atoms with E-state index in [1.165, 1.54) is 6.42 Å². The Morgan fingerprint density at radius 1 is 1.47 bits per heavy atom. The molecule has 0 aliphatic heterocycles. The monoisotopic (exact) mass is 207 g/mol. The lowest BCUT2D eigenvalue weighted by Crippen LogP contribution is -2.03. The molecule has 0 bridgehead atoms. The molecule has 0 saturated heterocycles. The average molecular weight is 207 g/mol. The lowest BCUT2D eigenvalue weighted by molar-refractivity contribution is 0.785. The number of nitrogens with one attached hydrogen (secondary N) is 1. The molecule has 0 amide bonds. The van der Waals surface area contributed by atoms with E-state index in [0.29, 0.717) is 5.39 Å². The number of pyridine rings is 1. The first kappa shape index (κ1) is 11.5. The van der Waals surface area contributed by atoms with Gasteiger partial charge >= 0.3 is 0 Å². The van der Waals surface area contributed by atoms with Gasteiger partial charge in [-0.2, -0.15) is 5.10 Å². The predicted molar refractivity (Wildman–Crippen MR) is 62.0 cm³/mol. The van der Waals surface area contributed by atoms with Crippen molar-refractivity contribution in [2.45, 2.75) is 27.2 Å². The smallest absolute Gasteiger partial charge is 0.192 e. The predicted octanol–water partition coefficient (Wildman–Crippen LogP) is 1.99. The minimum Gasteiger partial charge on any atom is -0.344 e. The van der Waals surface area contributed by atoms with Crippen molar-refractivity contribution in [2.75, 3.05) is 0 Å². The SMILES string of the molecule is CCC.Cc1cc(=O)c2cnn(C)c2[nH]1. The van der Waals surface area contributed by atoms with Gasteiger partial charge in [-0.25, -0.2) is 0 Å². The van der Waals surface area contributed by atoms with E-state index in [9.17, 15) is 4.79 Å². The summed E-state index contributed by atoms with van der Waals surface area (Å²) in [6.07, 6.45) is 2.83. The van der Waals surface area contributed by atoms with Crippen molar-refractivity contribution in [2.24, 2.45) is 7.05 Å². The molecular weight excluding hydrogens is 190 g/mol. The topological polar surface area (TPSA) is 50.7 Å². The summed E-state index contributed by atoms with van der Waals surface area (Å²) < 4.78 is 1.66. The zero-order valence-electron chi connectivity index (χ0n) is 9.66. The second-order valence-corrected chi connectivity index (χ2v) is 3.55. The van der Waals surface area contributed by atoms with Gasteiger partial charge in [-0.1, -0.05) is 20.3 Å². The zero-order chi connectivity index (χ0) is 11.4. The summed E-state index contributed by atoms with van der Waals surface area (Å²) in [5.74, 6) is 0. The van der Waals surface area contributed by atoms with Gasteiger partial charge in [0, 0.05) is 18.8 Å². The standard InChI is InChI=1S/C8H9N3O.C3H8/c1-5-3-7(12)6-4-9-11(2)8(6)10-5;1-3-2/h3-4H,1-2H3,(H,10,12);3H2,1-2H3. The Morgan fingerprint density at radius 3 is 2.67 bits per heavy atom. The maximum atomic E-state index is 11.3. The number of H-pyrrole nitrogens is 1. The van der Waals surface area contributed by atoms with Crippen LogP contribution in [0.15, 0.2) is 17.1 Å². The lowest BCUT2D eigenvalue weighted by Gasteiger charge is -1.95. The zero-order valence-corrected chi connectivity index (χ0v) is 9.66. The van der Waals surface area contributed by atoms with E-state index in [-0.39, 0.29) is 5.43 Å². The van der Waals surface area contributed by atoms with Gasteiger partial charge in [0.15, 0.2) is 5.43 Å². The summed E-state index contributed by atoms with van der Waals surface area (Å²) in [5, 5.41) is 4.62.